The lowest BCUT2D eigenvalue weighted by Crippen LogP contribution is -2.55. The number of rotatable bonds is 12. The van der Waals surface area contributed by atoms with E-state index >= 15 is 0 Å². The van der Waals surface area contributed by atoms with Crippen molar-refractivity contribution in [3.05, 3.63) is 0 Å². The summed E-state index contributed by atoms with van der Waals surface area (Å²) in [4.78, 5) is 3.82. The number of nitrogens with two attached hydrogens (primary N) is 4. The molecule has 0 radical (unpaired) electrons. The molecule has 0 amide bonds. The zero-order valence-electron chi connectivity index (χ0n) is 16.3. The topological polar surface area (TPSA) is 178 Å². The first kappa shape index (κ1) is 31.8. The second-order valence-corrected chi connectivity index (χ2v) is 7.28. The zero-order valence-corrected chi connectivity index (χ0v) is 19.6. The van der Waals surface area contributed by atoms with E-state index in [0.717, 1.165) is 52.4 Å². The van der Waals surface area contributed by atoms with Gasteiger partial charge in [0.05, 0.1) is 26.2 Å². The number of nitrogens with one attached hydrogen (secondary N) is 1. The number of hydrogen-bond acceptors (Lipinski definition) is 8. The lowest BCUT2D eigenvalue weighted by atomic mass is 10.5. The van der Waals surface area contributed by atoms with Crippen molar-refractivity contribution < 1.29 is 11.5 Å². The van der Waals surface area contributed by atoms with Crippen LogP contribution in [0, 0.1) is 0 Å². The summed E-state index contributed by atoms with van der Waals surface area (Å²) in [6.07, 6.45) is 0. The van der Waals surface area contributed by atoms with Crippen LogP contribution in [0.5, 0.6) is 0 Å². The molecule has 0 fully saturated rings. The van der Waals surface area contributed by atoms with Gasteiger partial charge in [0.2, 0.25) is 0 Å². The molecule has 0 saturated heterocycles. The molecule has 0 heterocycles. The SMILES string of the molecule is NCCN(CC[NH3+])C(=S)S.NCCN(CC[NH3+])C(=S)[S-].NCCNCCN. The van der Waals surface area contributed by atoms with Gasteiger partial charge in [-0.05, 0) is 0 Å². The Kier molecular flexibility index (Phi) is 30.7. The van der Waals surface area contributed by atoms with Gasteiger partial charge in [-0.2, -0.15) is 0 Å². The smallest absolute Gasteiger partial charge is 0.133 e. The number of thiol groups is 1. The molecule has 15 N–H and O–H groups in total. The Bertz CT molecular complexity index is 296. The van der Waals surface area contributed by atoms with Gasteiger partial charge in [-0.3, -0.25) is 0 Å². The monoisotopic (exact) mass is 462 g/mol. The highest BCUT2D eigenvalue weighted by molar-refractivity contribution is 8.10. The summed E-state index contributed by atoms with van der Waals surface area (Å²) in [5, 5.41) is 3.03. The molecule has 0 aromatic heterocycles. The summed E-state index contributed by atoms with van der Waals surface area (Å²) in [6.45, 7) is 9.18. The highest BCUT2D eigenvalue weighted by atomic mass is 32.1. The largest absolute Gasteiger partial charge is 0.411 e. The molecule has 0 aliphatic carbocycles. The standard InChI is InChI=1S/2C5H13N3S2.C4H13N3/c2*6-1-3-8(4-2-7)5(9)10;5-1-3-7-4-2-6/h2*1-4,6-7H2,(H,9,10);7H,1-6H2/p+1. The van der Waals surface area contributed by atoms with Crippen molar-refractivity contribution >= 4 is 58.3 Å². The minimum Gasteiger partial charge on any atom is -0.411 e. The van der Waals surface area contributed by atoms with Gasteiger partial charge < -0.3 is 74.4 Å². The normalized spacial score (nSPS) is 9.44. The Morgan fingerprint density at radius 1 is 0.815 bits per heavy atom. The fraction of sp³-hybridized carbons (Fsp3) is 0.857. The Morgan fingerprint density at radius 2 is 1.22 bits per heavy atom. The molecule has 164 valence electrons. The molecule has 0 unspecified atom stereocenters. The van der Waals surface area contributed by atoms with Crippen LogP contribution in [0.1, 0.15) is 0 Å². The molecular formula is C14H40N9S4+. The Balaban J connectivity index is -0.000000326. The van der Waals surface area contributed by atoms with Crippen molar-refractivity contribution in [1.82, 2.24) is 15.1 Å². The number of quaternary nitrogens is 2. The third-order valence-electron chi connectivity index (χ3n) is 2.83. The summed E-state index contributed by atoms with van der Waals surface area (Å²) < 4.78 is 1.10. The average Bonchev–Trinajstić information content (AvgIpc) is 2.63. The molecule has 0 aromatic rings. The second-order valence-electron chi connectivity index (χ2n) is 5.13. The second kappa shape index (κ2) is 26.1. The number of nitrogens with zero attached hydrogens (tertiary/aromatic N) is 2. The third kappa shape index (κ3) is 26.1. The van der Waals surface area contributed by atoms with Crippen molar-refractivity contribution in [2.75, 3.05) is 78.5 Å². The van der Waals surface area contributed by atoms with Crippen molar-refractivity contribution in [3.63, 3.8) is 0 Å². The van der Waals surface area contributed by atoms with Gasteiger partial charge in [0.15, 0.2) is 0 Å². The van der Waals surface area contributed by atoms with Crippen LogP contribution in [0.15, 0.2) is 0 Å². The predicted octanol–water partition coefficient (Wildman–Crippen LogP) is -4.48. The molecule has 0 bridgehead atoms. The van der Waals surface area contributed by atoms with E-state index in [2.05, 4.69) is 29.4 Å². The maximum absolute atomic E-state index is 5.34. The first-order valence-corrected chi connectivity index (χ1v) is 10.6. The first-order chi connectivity index (χ1) is 12.9. The molecule has 0 aliphatic heterocycles. The minimum atomic E-state index is 0.495. The maximum Gasteiger partial charge on any atom is 0.133 e. The van der Waals surface area contributed by atoms with E-state index in [-0.39, 0.29) is 0 Å². The predicted molar refractivity (Wildman–Crippen MR) is 129 cm³/mol. The van der Waals surface area contributed by atoms with Crippen LogP contribution in [0.3, 0.4) is 0 Å². The molecule has 0 saturated carbocycles. The van der Waals surface area contributed by atoms with Gasteiger partial charge in [-0.15, -0.1) is 12.6 Å². The quantitative estimate of drug-likeness (QED) is 0.0610. The van der Waals surface area contributed by atoms with E-state index in [0.29, 0.717) is 34.8 Å². The maximum atomic E-state index is 5.34. The van der Waals surface area contributed by atoms with Crippen molar-refractivity contribution in [2.24, 2.45) is 22.9 Å². The van der Waals surface area contributed by atoms with E-state index in [1.54, 1.807) is 0 Å². The highest BCUT2D eigenvalue weighted by Gasteiger charge is 2.02. The van der Waals surface area contributed by atoms with Crippen LogP contribution in [0.4, 0.5) is 0 Å². The Morgan fingerprint density at radius 3 is 1.52 bits per heavy atom. The van der Waals surface area contributed by atoms with Crippen LogP contribution < -0.4 is 39.7 Å². The molecule has 0 atom stereocenters. The Labute approximate surface area is 186 Å². The summed E-state index contributed by atoms with van der Waals surface area (Å²) in [5.74, 6) is 0. The van der Waals surface area contributed by atoms with E-state index in [9.17, 15) is 0 Å². The molecule has 0 rings (SSSR count). The van der Waals surface area contributed by atoms with Gasteiger partial charge >= 0.3 is 0 Å². The molecule has 0 spiro atoms. The van der Waals surface area contributed by atoms with Crippen LogP contribution in [0.25, 0.3) is 0 Å². The zero-order chi connectivity index (χ0) is 21.5. The summed E-state index contributed by atoms with van der Waals surface area (Å²) in [7, 11) is 0. The van der Waals surface area contributed by atoms with Crippen molar-refractivity contribution in [3.8, 4) is 0 Å². The summed E-state index contributed by atoms with van der Waals surface area (Å²) >= 11 is 18.5. The molecule has 0 aromatic carbocycles. The summed E-state index contributed by atoms with van der Waals surface area (Å²) in [5.41, 5.74) is 28.4. The van der Waals surface area contributed by atoms with Gasteiger partial charge in [0, 0.05) is 52.4 Å². The van der Waals surface area contributed by atoms with Gasteiger partial charge in [-0.1, -0.05) is 16.5 Å². The van der Waals surface area contributed by atoms with E-state index < -0.39 is 0 Å². The van der Waals surface area contributed by atoms with Gasteiger partial charge in [-0.25, -0.2) is 0 Å². The van der Waals surface area contributed by atoms with E-state index in [4.69, 9.17) is 60.0 Å². The van der Waals surface area contributed by atoms with E-state index in [1.165, 1.54) is 0 Å². The van der Waals surface area contributed by atoms with Crippen molar-refractivity contribution in [2.45, 2.75) is 0 Å². The summed E-state index contributed by atoms with van der Waals surface area (Å²) in [6, 6.07) is 0. The molecular weight excluding hydrogens is 422 g/mol. The molecule has 13 heteroatoms. The lowest BCUT2D eigenvalue weighted by Gasteiger charge is -2.25. The minimum absolute atomic E-state index is 0.495. The van der Waals surface area contributed by atoms with Gasteiger partial charge in [0.1, 0.15) is 4.32 Å². The lowest BCUT2D eigenvalue weighted by molar-refractivity contribution is -0.368. The first-order valence-electron chi connectivity index (χ1n) is 8.89. The van der Waals surface area contributed by atoms with Gasteiger partial charge in [0.25, 0.3) is 0 Å². The van der Waals surface area contributed by atoms with Crippen LogP contribution >= 0.6 is 37.1 Å². The van der Waals surface area contributed by atoms with Crippen molar-refractivity contribution in [1.29, 1.82) is 0 Å². The molecule has 0 aliphatic rings. The fourth-order valence-electron chi connectivity index (χ4n) is 1.62. The molecule has 27 heavy (non-hydrogen) atoms. The van der Waals surface area contributed by atoms with Crippen LogP contribution in [-0.2, 0) is 12.6 Å². The van der Waals surface area contributed by atoms with E-state index in [1.807, 2.05) is 9.80 Å². The average molecular weight is 463 g/mol. The van der Waals surface area contributed by atoms with Crippen LogP contribution in [0.2, 0.25) is 0 Å². The molecule has 9 nitrogen and oxygen atoms in total. The number of thiocarbonyl (C=S) groups is 2. The third-order valence-corrected chi connectivity index (χ3v) is 3.88. The fourth-order valence-corrected chi connectivity index (χ4v) is 2.37. The number of hydrogen-bond donors (Lipinski definition) is 8. The van der Waals surface area contributed by atoms with Crippen LogP contribution in [-0.4, -0.2) is 97.0 Å². The highest BCUT2D eigenvalue weighted by Crippen LogP contribution is 1.93. The Hall–Kier alpha value is 0.0700.